The molecule has 1 aliphatic rings. The van der Waals surface area contributed by atoms with Gasteiger partial charge in [-0.1, -0.05) is 36.9 Å². The van der Waals surface area contributed by atoms with E-state index in [1.54, 1.807) is 24.3 Å². The minimum Gasteiger partial charge on any atom is -0.489 e. The molecule has 0 fully saturated rings. The normalized spacial score (nSPS) is 13.2. The predicted octanol–water partition coefficient (Wildman–Crippen LogP) is 3.54. The van der Waals surface area contributed by atoms with Gasteiger partial charge in [0.1, 0.15) is 12.3 Å². The molecule has 1 heterocycles. The maximum atomic E-state index is 12.5. The Bertz CT molecular complexity index is 807. The summed E-state index contributed by atoms with van der Waals surface area (Å²) in [7, 11) is 0. The molecule has 0 aromatic heterocycles. The summed E-state index contributed by atoms with van der Waals surface area (Å²) in [5.74, 6) is 0.0882. The van der Waals surface area contributed by atoms with Gasteiger partial charge in [-0.05, 0) is 32.0 Å². The number of amides is 2. The zero-order valence-corrected chi connectivity index (χ0v) is 14.3. The number of carbonyl (C=O) groups is 2. The van der Waals surface area contributed by atoms with Crippen molar-refractivity contribution in [2.75, 3.05) is 11.9 Å². The lowest BCUT2D eigenvalue weighted by Crippen LogP contribution is -2.32. The smallest absolute Gasteiger partial charge is 0.259 e. The van der Waals surface area contributed by atoms with Crippen molar-refractivity contribution in [3.63, 3.8) is 0 Å². The predicted molar refractivity (Wildman–Crippen MR) is 97.3 cm³/mol. The molecule has 0 bridgehead atoms. The third-order valence-electron chi connectivity index (χ3n) is 3.86. The Labute approximate surface area is 146 Å². The standard InChI is InChI=1S/C20H20N2O3/c1-13(2)25-18-11-7-6-10-17(18)21-19(23)12-22-14(3)15-8-4-5-9-16(15)20(22)24/h4-11,13H,3,12H2,1-2H3,(H,21,23). The van der Waals surface area contributed by atoms with Crippen molar-refractivity contribution < 1.29 is 14.3 Å². The zero-order chi connectivity index (χ0) is 18.0. The number of rotatable bonds is 5. The van der Waals surface area contributed by atoms with E-state index >= 15 is 0 Å². The first-order chi connectivity index (χ1) is 12.0. The molecule has 2 aromatic rings. The van der Waals surface area contributed by atoms with Gasteiger partial charge < -0.3 is 10.1 Å². The Morgan fingerprint density at radius 3 is 2.44 bits per heavy atom. The van der Waals surface area contributed by atoms with Crippen molar-refractivity contribution >= 4 is 23.2 Å². The molecular weight excluding hydrogens is 316 g/mol. The lowest BCUT2D eigenvalue weighted by molar-refractivity contribution is -0.116. The highest BCUT2D eigenvalue weighted by molar-refractivity contribution is 6.11. The quantitative estimate of drug-likeness (QED) is 0.908. The van der Waals surface area contributed by atoms with E-state index in [9.17, 15) is 9.59 Å². The lowest BCUT2D eigenvalue weighted by atomic mass is 10.1. The molecule has 0 saturated heterocycles. The fourth-order valence-corrected chi connectivity index (χ4v) is 2.76. The van der Waals surface area contributed by atoms with Crippen LogP contribution in [0.1, 0.15) is 29.8 Å². The van der Waals surface area contributed by atoms with Crippen LogP contribution in [0.15, 0.2) is 55.1 Å². The van der Waals surface area contributed by atoms with Gasteiger partial charge in [0.15, 0.2) is 0 Å². The maximum Gasteiger partial charge on any atom is 0.259 e. The van der Waals surface area contributed by atoms with Crippen LogP contribution in [-0.4, -0.2) is 29.4 Å². The second-order valence-corrected chi connectivity index (χ2v) is 6.09. The summed E-state index contributed by atoms with van der Waals surface area (Å²) in [6.45, 7) is 7.69. The molecule has 5 heteroatoms. The Hall–Kier alpha value is -3.08. The van der Waals surface area contributed by atoms with E-state index in [1.165, 1.54) is 4.90 Å². The van der Waals surface area contributed by atoms with Crippen LogP contribution >= 0.6 is 0 Å². The third kappa shape index (κ3) is 3.40. The van der Waals surface area contributed by atoms with Crippen molar-refractivity contribution in [1.29, 1.82) is 0 Å². The van der Waals surface area contributed by atoms with Gasteiger partial charge in [-0.2, -0.15) is 0 Å². The fraction of sp³-hybridized carbons (Fsp3) is 0.200. The highest BCUT2D eigenvalue weighted by Crippen LogP contribution is 2.31. The van der Waals surface area contributed by atoms with Crippen LogP contribution in [0.4, 0.5) is 5.69 Å². The molecule has 5 nitrogen and oxygen atoms in total. The Morgan fingerprint density at radius 1 is 1.12 bits per heavy atom. The first-order valence-corrected chi connectivity index (χ1v) is 8.13. The van der Waals surface area contributed by atoms with Crippen LogP contribution in [-0.2, 0) is 4.79 Å². The molecule has 25 heavy (non-hydrogen) atoms. The minimum atomic E-state index is -0.304. The average Bonchev–Trinajstić information content (AvgIpc) is 2.82. The summed E-state index contributed by atoms with van der Waals surface area (Å²) >= 11 is 0. The number of fused-ring (bicyclic) bond motifs is 1. The molecule has 0 spiro atoms. The lowest BCUT2D eigenvalue weighted by Gasteiger charge is -2.18. The second-order valence-electron chi connectivity index (χ2n) is 6.09. The summed E-state index contributed by atoms with van der Waals surface area (Å²) in [5.41, 5.74) is 2.46. The SMILES string of the molecule is C=C1c2ccccc2C(=O)N1CC(=O)Nc1ccccc1OC(C)C. The van der Waals surface area contributed by atoms with Gasteiger partial charge in [-0.3, -0.25) is 14.5 Å². The summed E-state index contributed by atoms with van der Waals surface area (Å²) < 4.78 is 5.70. The Kier molecular flexibility index (Phi) is 4.57. The Morgan fingerprint density at radius 2 is 1.76 bits per heavy atom. The van der Waals surface area contributed by atoms with Crippen molar-refractivity contribution in [2.24, 2.45) is 0 Å². The average molecular weight is 336 g/mol. The van der Waals surface area contributed by atoms with Crippen molar-refractivity contribution in [2.45, 2.75) is 20.0 Å². The van der Waals surface area contributed by atoms with E-state index in [1.807, 2.05) is 38.1 Å². The van der Waals surface area contributed by atoms with Gasteiger partial charge in [0.05, 0.1) is 11.8 Å². The number of hydrogen-bond acceptors (Lipinski definition) is 3. The molecular formula is C20H20N2O3. The molecule has 0 unspecified atom stereocenters. The molecule has 128 valence electrons. The van der Waals surface area contributed by atoms with Crippen LogP contribution in [0.3, 0.4) is 0 Å². The largest absolute Gasteiger partial charge is 0.489 e. The van der Waals surface area contributed by atoms with Gasteiger partial charge in [-0.15, -0.1) is 0 Å². The number of carbonyl (C=O) groups excluding carboxylic acids is 2. The van der Waals surface area contributed by atoms with E-state index in [-0.39, 0.29) is 24.5 Å². The van der Waals surface area contributed by atoms with Crippen LogP contribution < -0.4 is 10.1 Å². The minimum absolute atomic E-state index is 0.00695. The third-order valence-corrected chi connectivity index (χ3v) is 3.86. The zero-order valence-electron chi connectivity index (χ0n) is 14.3. The number of nitrogens with one attached hydrogen (secondary N) is 1. The maximum absolute atomic E-state index is 12.5. The molecule has 0 radical (unpaired) electrons. The van der Waals surface area contributed by atoms with Crippen LogP contribution in [0.5, 0.6) is 5.75 Å². The topological polar surface area (TPSA) is 58.6 Å². The molecule has 1 N–H and O–H groups in total. The van der Waals surface area contributed by atoms with Crippen molar-refractivity contribution in [3.05, 3.63) is 66.2 Å². The number of nitrogens with zero attached hydrogens (tertiary/aromatic N) is 1. The van der Waals surface area contributed by atoms with Crippen molar-refractivity contribution in [1.82, 2.24) is 4.90 Å². The van der Waals surface area contributed by atoms with Crippen molar-refractivity contribution in [3.8, 4) is 5.75 Å². The second kappa shape index (κ2) is 6.81. The van der Waals surface area contributed by atoms with Gasteiger partial charge in [0.25, 0.3) is 5.91 Å². The van der Waals surface area contributed by atoms with Gasteiger partial charge in [-0.25, -0.2) is 0 Å². The summed E-state index contributed by atoms with van der Waals surface area (Å²) in [5, 5.41) is 2.81. The monoisotopic (exact) mass is 336 g/mol. The molecule has 0 atom stereocenters. The number of hydrogen-bond donors (Lipinski definition) is 1. The molecule has 0 aliphatic carbocycles. The van der Waals surface area contributed by atoms with Crippen LogP contribution in [0.2, 0.25) is 0 Å². The first-order valence-electron chi connectivity index (χ1n) is 8.13. The summed E-state index contributed by atoms with van der Waals surface area (Å²) in [4.78, 5) is 26.3. The number of anilines is 1. The number of ether oxygens (including phenoxy) is 1. The highest BCUT2D eigenvalue weighted by atomic mass is 16.5. The Balaban J connectivity index is 1.73. The molecule has 0 saturated carbocycles. The summed E-state index contributed by atoms with van der Waals surface area (Å²) in [6.07, 6.45) is -0.00695. The van der Waals surface area contributed by atoms with E-state index in [0.717, 1.165) is 5.56 Å². The van der Waals surface area contributed by atoms with Crippen LogP contribution in [0, 0.1) is 0 Å². The van der Waals surface area contributed by atoms with E-state index < -0.39 is 0 Å². The molecule has 1 aliphatic heterocycles. The van der Waals surface area contributed by atoms with Gasteiger partial charge in [0.2, 0.25) is 5.91 Å². The van der Waals surface area contributed by atoms with Crippen LogP contribution in [0.25, 0.3) is 5.70 Å². The fourth-order valence-electron chi connectivity index (χ4n) is 2.76. The molecule has 2 aromatic carbocycles. The molecule has 2 amide bonds. The summed E-state index contributed by atoms with van der Waals surface area (Å²) in [6, 6.07) is 14.4. The van der Waals surface area contributed by atoms with Gasteiger partial charge >= 0.3 is 0 Å². The highest BCUT2D eigenvalue weighted by Gasteiger charge is 2.31. The van der Waals surface area contributed by atoms with E-state index in [2.05, 4.69) is 11.9 Å². The number of para-hydroxylation sites is 2. The van der Waals surface area contributed by atoms with E-state index in [0.29, 0.717) is 22.7 Å². The van der Waals surface area contributed by atoms with Gasteiger partial charge in [0, 0.05) is 16.8 Å². The number of benzene rings is 2. The van der Waals surface area contributed by atoms with E-state index in [4.69, 9.17) is 4.74 Å². The molecule has 3 rings (SSSR count). The first kappa shape index (κ1) is 16.8.